The van der Waals surface area contributed by atoms with Crippen molar-refractivity contribution >= 4 is 15.9 Å². The Hall–Kier alpha value is -1.58. The number of hydrogen-bond donors (Lipinski definition) is 1. The van der Waals surface area contributed by atoms with Crippen molar-refractivity contribution in [2.24, 2.45) is 0 Å². The number of carbonyl (C=O) groups excluding carboxylic acids is 1. The highest BCUT2D eigenvalue weighted by molar-refractivity contribution is 7.89. The molecule has 122 valence electrons. The first kappa shape index (κ1) is 16.8. The fraction of sp³-hybridized carbons (Fsp3) is 0.462. The lowest BCUT2D eigenvalue weighted by molar-refractivity contribution is -0.185. The molecule has 1 N–H and O–H groups in total. The summed E-state index contributed by atoms with van der Waals surface area (Å²) in [6.45, 7) is -1.37. The predicted octanol–water partition coefficient (Wildman–Crippen LogP) is 0.935. The zero-order valence-corrected chi connectivity index (χ0v) is 12.6. The summed E-state index contributed by atoms with van der Waals surface area (Å²) in [6, 6.07) is 6.03. The van der Waals surface area contributed by atoms with Gasteiger partial charge in [-0.25, -0.2) is 8.42 Å². The molecular weight excluding hydrogens is 318 g/mol. The van der Waals surface area contributed by atoms with Gasteiger partial charge in [-0.05, 0) is 17.7 Å². The fourth-order valence-electron chi connectivity index (χ4n) is 1.98. The summed E-state index contributed by atoms with van der Waals surface area (Å²) in [4.78, 5) is 10.9. The van der Waals surface area contributed by atoms with Crippen molar-refractivity contribution < 1.29 is 26.7 Å². The summed E-state index contributed by atoms with van der Waals surface area (Å²) >= 11 is 0. The van der Waals surface area contributed by atoms with Crippen LogP contribution in [0.4, 0.5) is 8.78 Å². The van der Waals surface area contributed by atoms with Crippen LogP contribution in [0.3, 0.4) is 0 Å². The molecule has 0 bridgehead atoms. The number of nitrogens with zero attached hydrogens (tertiary/aromatic N) is 1. The van der Waals surface area contributed by atoms with Gasteiger partial charge in [0.05, 0.1) is 11.0 Å². The van der Waals surface area contributed by atoms with E-state index in [1.54, 1.807) is 12.1 Å². The van der Waals surface area contributed by atoms with Crippen molar-refractivity contribution in [1.82, 2.24) is 9.62 Å². The van der Waals surface area contributed by atoms with Gasteiger partial charge in [0.2, 0.25) is 15.9 Å². The van der Waals surface area contributed by atoms with Gasteiger partial charge in [-0.15, -0.1) is 0 Å². The Kier molecular flexibility index (Phi) is 5.09. The maximum atomic E-state index is 12.2. The molecule has 1 aromatic carbocycles. The first-order chi connectivity index (χ1) is 10.3. The van der Waals surface area contributed by atoms with Gasteiger partial charge >= 0.3 is 6.61 Å². The van der Waals surface area contributed by atoms with Crippen LogP contribution < -0.4 is 5.32 Å². The molecule has 1 aliphatic rings. The zero-order valence-electron chi connectivity index (χ0n) is 11.8. The predicted molar refractivity (Wildman–Crippen MR) is 73.6 cm³/mol. The molecule has 1 saturated heterocycles. The number of rotatable bonds is 6. The SMILES string of the molecule is CC(=O)NCc1ccc(S(=O)(=O)N2CC(OC(F)F)C2)cc1. The number of sulfonamides is 1. The summed E-state index contributed by atoms with van der Waals surface area (Å²) in [5, 5.41) is 2.60. The van der Waals surface area contributed by atoms with Crippen LogP contribution in [0, 0.1) is 0 Å². The Morgan fingerprint density at radius 3 is 2.45 bits per heavy atom. The molecule has 1 aliphatic heterocycles. The maximum Gasteiger partial charge on any atom is 0.345 e. The molecule has 1 heterocycles. The van der Waals surface area contributed by atoms with Crippen LogP contribution in [0.1, 0.15) is 12.5 Å². The van der Waals surface area contributed by atoms with Crippen molar-refractivity contribution in [2.45, 2.75) is 31.1 Å². The summed E-state index contributed by atoms with van der Waals surface area (Å²) in [5.41, 5.74) is 0.761. The van der Waals surface area contributed by atoms with Crippen molar-refractivity contribution in [1.29, 1.82) is 0 Å². The Balaban J connectivity index is 1.97. The van der Waals surface area contributed by atoms with Crippen LogP contribution in [0.2, 0.25) is 0 Å². The van der Waals surface area contributed by atoms with Crippen LogP contribution in [-0.2, 0) is 26.1 Å². The first-order valence-corrected chi connectivity index (χ1v) is 8.00. The van der Waals surface area contributed by atoms with Crippen LogP contribution in [0.25, 0.3) is 0 Å². The Morgan fingerprint density at radius 2 is 1.95 bits per heavy atom. The molecule has 1 amide bonds. The third-order valence-corrected chi connectivity index (χ3v) is 5.06. The van der Waals surface area contributed by atoms with Gasteiger partial charge in [-0.1, -0.05) is 12.1 Å². The minimum absolute atomic E-state index is 0.0783. The van der Waals surface area contributed by atoms with Crippen LogP contribution in [0.15, 0.2) is 29.2 Å². The third kappa shape index (κ3) is 3.99. The molecule has 0 aromatic heterocycles. The monoisotopic (exact) mass is 334 g/mol. The number of alkyl halides is 2. The number of hydrogen-bond acceptors (Lipinski definition) is 4. The third-order valence-electron chi connectivity index (χ3n) is 3.21. The van der Waals surface area contributed by atoms with Gasteiger partial charge in [0, 0.05) is 26.6 Å². The number of nitrogens with one attached hydrogen (secondary N) is 1. The number of halogens is 2. The van der Waals surface area contributed by atoms with Gasteiger partial charge in [0.1, 0.15) is 0 Å². The normalized spacial score (nSPS) is 16.5. The number of carbonyl (C=O) groups is 1. The van der Waals surface area contributed by atoms with Crippen molar-refractivity contribution in [3.8, 4) is 0 Å². The molecule has 0 aliphatic carbocycles. The number of benzene rings is 1. The van der Waals surface area contributed by atoms with E-state index < -0.39 is 22.7 Å². The average molecular weight is 334 g/mol. The average Bonchev–Trinajstić information content (AvgIpc) is 2.40. The standard InChI is InChI=1S/C13H16F2N2O4S/c1-9(18)16-6-10-2-4-12(5-3-10)22(19,20)17-7-11(8-17)21-13(14)15/h2-5,11,13H,6-8H2,1H3,(H,16,18). The molecule has 6 nitrogen and oxygen atoms in total. The van der Waals surface area contributed by atoms with Crippen molar-refractivity contribution in [3.63, 3.8) is 0 Å². The second-order valence-corrected chi connectivity index (χ2v) is 6.83. The van der Waals surface area contributed by atoms with Crippen LogP contribution >= 0.6 is 0 Å². The maximum absolute atomic E-state index is 12.2. The molecule has 2 rings (SSSR count). The summed E-state index contributed by atoms with van der Waals surface area (Å²) in [7, 11) is -3.70. The quantitative estimate of drug-likeness (QED) is 0.840. The summed E-state index contributed by atoms with van der Waals surface area (Å²) in [5.74, 6) is -0.178. The largest absolute Gasteiger partial charge is 0.352 e. The lowest BCUT2D eigenvalue weighted by atomic mass is 10.2. The molecular formula is C13H16F2N2O4S. The molecule has 0 unspecified atom stereocenters. The van der Waals surface area contributed by atoms with E-state index in [0.29, 0.717) is 6.54 Å². The van der Waals surface area contributed by atoms with E-state index in [0.717, 1.165) is 9.87 Å². The molecule has 0 saturated carbocycles. The van der Waals surface area contributed by atoms with Crippen LogP contribution in [-0.4, -0.2) is 44.4 Å². The highest BCUT2D eigenvalue weighted by atomic mass is 32.2. The highest BCUT2D eigenvalue weighted by Crippen LogP contribution is 2.24. The second kappa shape index (κ2) is 6.67. The fourth-order valence-corrected chi connectivity index (χ4v) is 3.49. The van der Waals surface area contributed by atoms with Crippen molar-refractivity contribution in [2.75, 3.05) is 13.1 Å². The Labute approximate surface area is 127 Å². The molecule has 0 spiro atoms. The van der Waals surface area contributed by atoms with E-state index in [1.807, 2.05) is 0 Å². The van der Waals surface area contributed by atoms with E-state index in [-0.39, 0.29) is 23.9 Å². The molecule has 9 heteroatoms. The van der Waals surface area contributed by atoms with Gasteiger partial charge < -0.3 is 10.1 Å². The van der Waals surface area contributed by atoms with Gasteiger partial charge in [-0.3, -0.25) is 4.79 Å². The Morgan fingerprint density at radius 1 is 1.36 bits per heavy atom. The summed E-state index contributed by atoms with van der Waals surface area (Å²) in [6.07, 6.45) is -0.770. The molecule has 0 atom stereocenters. The smallest absolute Gasteiger partial charge is 0.345 e. The lowest BCUT2D eigenvalue weighted by Crippen LogP contribution is -2.55. The molecule has 22 heavy (non-hydrogen) atoms. The van der Waals surface area contributed by atoms with E-state index in [9.17, 15) is 22.0 Å². The Bertz CT molecular complexity index is 628. The lowest BCUT2D eigenvalue weighted by Gasteiger charge is -2.37. The summed E-state index contributed by atoms with van der Waals surface area (Å²) < 4.78 is 53.8. The van der Waals surface area contributed by atoms with E-state index >= 15 is 0 Å². The topological polar surface area (TPSA) is 75.7 Å². The number of amides is 1. The van der Waals surface area contributed by atoms with Gasteiger partial charge in [-0.2, -0.15) is 13.1 Å². The zero-order chi connectivity index (χ0) is 16.3. The van der Waals surface area contributed by atoms with E-state index in [4.69, 9.17) is 0 Å². The first-order valence-electron chi connectivity index (χ1n) is 6.56. The van der Waals surface area contributed by atoms with Crippen LogP contribution in [0.5, 0.6) is 0 Å². The van der Waals surface area contributed by atoms with Gasteiger partial charge in [0.15, 0.2) is 0 Å². The molecule has 1 fully saturated rings. The molecule has 0 radical (unpaired) electrons. The highest BCUT2D eigenvalue weighted by Gasteiger charge is 2.38. The van der Waals surface area contributed by atoms with E-state index in [2.05, 4.69) is 10.1 Å². The minimum atomic E-state index is -3.70. The van der Waals surface area contributed by atoms with Gasteiger partial charge in [0.25, 0.3) is 0 Å². The minimum Gasteiger partial charge on any atom is -0.352 e. The number of ether oxygens (including phenoxy) is 1. The van der Waals surface area contributed by atoms with E-state index in [1.165, 1.54) is 19.1 Å². The van der Waals surface area contributed by atoms with Crippen molar-refractivity contribution in [3.05, 3.63) is 29.8 Å². The molecule has 1 aromatic rings. The second-order valence-electron chi connectivity index (χ2n) is 4.89.